The fraction of sp³-hybridized carbons (Fsp3) is 0.545. The summed E-state index contributed by atoms with van der Waals surface area (Å²) in [5.74, 6) is -0.538. The molecule has 0 atom stereocenters. The molecule has 0 aromatic carbocycles. The van der Waals surface area contributed by atoms with E-state index in [2.05, 4.69) is 6.92 Å². The molecule has 18 heavy (non-hydrogen) atoms. The van der Waals surface area contributed by atoms with Crippen LogP contribution in [0.3, 0.4) is 0 Å². The van der Waals surface area contributed by atoms with Crippen LogP contribution in [-0.2, 0) is 21.8 Å². The van der Waals surface area contributed by atoms with Gasteiger partial charge >= 0.3 is 5.97 Å². The van der Waals surface area contributed by atoms with Crippen LogP contribution in [0.4, 0.5) is 0 Å². The number of carbonyl (C=O) groups is 1. The number of sulfonamides is 1. The van der Waals surface area contributed by atoms with Crippen molar-refractivity contribution in [2.24, 2.45) is 12.2 Å². The maximum absolute atomic E-state index is 11.7. The average molecular weight is 274 g/mol. The van der Waals surface area contributed by atoms with Crippen molar-refractivity contribution in [2.75, 3.05) is 6.61 Å². The van der Waals surface area contributed by atoms with Gasteiger partial charge in [0.25, 0.3) is 0 Å². The van der Waals surface area contributed by atoms with Gasteiger partial charge in [0.15, 0.2) is 0 Å². The van der Waals surface area contributed by atoms with Gasteiger partial charge in [0.05, 0.1) is 6.61 Å². The standard InChI is InChI=1S/C11H18N2O4S/c1-3-4-5-6-17-11(14)10-7-9(8-13(10)2)18(12,15)16/h7-8H,3-6H2,1-2H3,(H2,12,15,16). The molecule has 1 aromatic heterocycles. The number of primary sulfonamides is 1. The number of carbonyl (C=O) groups excluding carboxylic acids is 1. The predicted molar refractivity (Wildman–Crippen MR) is 66.6 cm³/mol. The van der Waals surface area contributed by atoms with Crippen LogP contribution in [0.1, 0.15) is 36.7 Å². The predicted octanol–water partition coefficient (Wildman–Crippen LogP) is 1.02. The topological polar surface area (TPSA) is 91.4 Å². The molecule has 0 amide bonds. The first-order valence-electron chi connectivity index (χ1n) is 5.72. The molecule has 102 valence electrons. The average Bonchev–Trinajstić information content (AvgIpc) is 2.66. The normalized spacial score (nSPS) is 11.5. The van der Waals surface area contributed by atoms with Gasteiger partial charge in [-0.25, -0.2) is 18.4 Å². The molecule has 0 unspecified atom stereocenters. The van der Waals surface area contributed by atoms with Crippen LogP contribution in [0.25, 0.3) is 0 Å². The molecule has 6 nitrogen and oxygen atoms in total. The Morgan fingerprint density at radius 2 is 2.11 bits per heavy atom. The number of nitrogens with zero attached hydrogens (tertiary/aromatic N) is 1. The molecule has 0 aliphatic heterocycles. The highest BCUT2D eigenvalue weighted by molar-refractivity contribution is 7.89. The van der Waals surface area contributed by atoms with Crippen LogP contribution in [0.2, 0.25) is 0 Å². The largest absolute Gasteiger partial charge is 0.461 e. The highest BCUT2D eigenvalue weighted by Gasteiger charge is 2.18. The number of unbranched alkanes of at least 4 members (excludes halogenated alkanes) is 2. The van der Waals surface area contributed by atoms with Crippen molar-refractivity contribution in [1.29, 1.82) is 0 Å². The van der Waals surface area contributed by atoms with Gasteiger partial charge in [-0.3, -0.25) is 0 Å². The first kappa shape index (κ1) is 14.7. The Bertz CT molecular complexity index is 519. The Kier molecular flexibility index (Phi) is 4.92. The molecule has 1 aromatic rings. The third-order valence-corrected chi connectivity index (χ3v) is 3.38. The van der Waals surface area contributed by atoms with Crippen molar-refractivity contribution in [3.8, 4) is 0 Å². The zero-order chi connectivity index (χ0) is 13.8. The Balaban J connectivity index is 2.72. The third kappa shape index (κ3) is 3.85. The molecule has 0 saturated carbocycles. The summed E-state index contributed by atoms with van der Waals surface area (Å²) in [4.78, 5) is 11.6. The monoisotopic (exact) mass is 274 g/mol. The molecule has 0 saturated heterocycles. The fourth-order valence-corrected chi connectivity index (χ4v) is 2.06. The minimum atomic E-state index is -3.80. The molecule has 1 heterocycles. The van der Waals surface area contributed by atoms with Crippen LogP contribution >= 0.6 is 0 Å². The summed E-state index contributed by atoms with van der Waals surface area (Å²) < 4.78 is 28.7. The number of ether oxygens (including phenoxy) is 1. The number of rotatable bonds is 6. The zero-order valence-corrected chi connectivity index (χ0v) is 11.4. The lowest BCUT2D eigenvalue weighted by atomic mass is 10.3. The Labute approximate surface area is 107 Å². The van der Waals surface area contributed by atoms with Crippen LogP contribution < -0.4 is 5.14 Å². The molecule has 0 aliphatic rings. The highest BCUT2D eigenvalue weighted by atomic mass is 32.2. The molecule has 1 rings (SSSR count). The van der Waals surface area contributed by atoms with E-state index in [0.29, 0.717) is 6.61 Å². The van der Waals surface area contributed by atoms with Gasteiger partial charge in [-0.2, -0.15) is 0 Å². The number of aromatic nitrogens is 1. The number of aryl methyl sites for hydroxylation is 1. The summed E-state index contributed by atoms with van der Waals surface area (Å²) >= 11 is 0. The summed E-state index contributed by atoms with van der Waals surface area (Å²) in [6.07, 6.45) is 4.12. The highest BCUT2D eigenvalue weighted by Crippen LogP contribution is 2.13. The van der Waals surface area contributed by atoms with Gasteiger partial charge in [-0.15, -0.1) is 0 Å². The Morgan fingerprint density at radius 3 is 2.61 bits per heavy atom. The van der Waals surface area contributed by atoms with Crippen LogP contribution in [0, 0.1) is 0 Å². The van der Waals surface area contributed by atoms with Gasteiger partial charge in [0.2, 0.25) is 10.0 Å². The third-order valence-electron chi connectivity index (χ3n) is 2.50. The molecule has 2 N–H and O–H groups in total. The lowest BCUT2D eigenvalue weighted by molar-refractivity contribution is 0.0487. The van der Waals surface area contributed by atoms with E-state index in [1.807, 2.05) is 0 Å². The first-order chi connectivity index (χ1) is 8.36. The number of hydrogen-bond donors (Lipinski definition) is 1. The van der Waals surface area contributed by atoms with Crippen molar-refractivity contribution in [1.82, 2.24) is 4.57 Å². The van der Waals surface area contributed by atoms with Gasteiger partial charge < -0.3 is 9.30 Å². The lowest BCUT2D eigenvalue weighted by Crippen LogP contribution is -2.11. The van der Waals surface area contributed by atoms with E-state index in [1.165, 1.54) is 16.8 Å². The smallest absolute Gasteiger partial charge is 0.354 e. The van der Waals surface area contributed by atoms with Gasteiger partial charge in [0, 0.05) is 13.2 Å². The van der Waals surface area contributed by atoms with E-state index in [0.717, 1.165) is 19.3 Å². The SMILES string of the molecule is CCCCCOC(=O)c1cc(S(N)(=O)=O)cn1C. The van der Waals surface area contributed by atoms with Crippen LogP contribution in [0.15, 0.2) is 17.2 Å². The van der Waals surface area contributed by atoms with Crippen LogP contribution in [0.5, 0.6) is 0 Å². The van der Waals surface area contributed by atoms with E-state index in [-0.39, 0.29) is 10.6 Å². The van der Waals surface area contributed by atoms with Crippen molar-refractivity contribution in [3.63, 3.8) is 0 Å². The van der Waals surface area contributed by atoms with Crippen molar-refractivity contribution in [2.45, 2.75) is 31.1 Å². The van der Waals surface area contributed by atoms with E-state index < -0.39 is 16.0 Å². The minimum Gasteiger partial charge on any atom is -0.461 e. The molecule has 0 aliphatic carbocycles. The van der Waals surface area contributed by atoms with Crippen molar-refractivity contribution < 1.29 is 17.9 Å². The van der Waals surface area contributed by atoms with Gasteiger partial charge in [-0.1, -0.05) is 19.8 Å². The quantitative estimate of drug-likeness (QED) is 0.619. The number of esters is 1. The second kappa shape index (κ2) is 6.01. The summed E-state index contributed by atoms with van der Waals surface area (Å²) in [6.45, 7) is 2.39. The number of nitrogens with two attached hydrogens (primary N) is 1. The van der Waals surface area contributed by atoms with E-state index >= 15 is 0 Å². The lowest BCUT2D eigenvalue weighted by Gasteiger charge is -2.04. The maximum atomic E-state index is 11.7. The summed E-state index contributed by atoms with van der Waals surface area (Å²) in [7, 11) is -2.23. The molecule has 0 radical (unpaired) electrons. The van der Waals surface area contributed by atoms with E-state index in [9.17, 15) is 13.2 Å². The molecule has 0 fully saturated rings. The molecule has 0 bridgehead atoms. The van der Waals surface area contributed by atoms with Crippen LogP contribution in [-0.4, -0.2) is 25.6 Å². The van der Waals surface area contributed by atoms with E-state index in [1.54, 1.807) is 7.05 Å². The Morgan fingerprint density at radius 1 is 1.44 bits per heavy atom. The summed E-state index contributed by atoms with van der Waals surface area (Å²) in [5.41, 5.74) is 0.176. The number of hydrogen-bond acceptors (Lipinski definition) is 4. The van der Waals surface area contributed by atoms with Crippen molar-refractivity contribution >= 4 is 16.0 Å². The molecular weight excluding hydrogens is 256 g/mol. The zero-order valence-electron chi connectivity index (χ0n) is 10.5. The van der Waals surface area contributed by atoms with Gasteiger partial charge in [0.1, 0.15) is 10.6 Å². The second-order valence-corrected chi connectivity index (χ2v) is 5.62. The Hall–Kier alpha value is -1.34. The summed E-state index contributed by atoms with van der Waals surface area (Å²) in [6, 6.07) is 1.22. The fourth-order valence-electron chi connectivity index (χ4n) is 1.48. The first-order valence-corrected chi connectivity index (χ1v) is 7.27. The minimum absolute atomic E-state index is 0.0921. The molecule has 7 heteroatoms. The summed E-state index contributed by atoms with van der Waals surface area (Å²) in [5, 5.41) is 4.99. The second-order valence-electron chi connectivity index (χ2n) is 4.06. The van der Waals surface area contributed by atoms with Crippen molar-refractivity contribution in [3.05, 3.63) is 18.0 Å². The molecular formula is C11H18N2O4S. The van der Waals surface area contributed by atoms with E-state index in [4.69, 9.17) is 9.88 Å². The maximum Gasteiger partial charge on any atom is 0.354 e. The molecule has 0 spiro atoms. The van der Waals surface area contributed by atoms with Gasteiger partial charge in [-0.05, 0) is 12.5 Å².